The van der Waals surface area contributed by atoms with Crippen LogP contribution in [0.25, 0.3) is 0 Å². The first-order valence-electron chi connectivity index (χ1n) is 6.81. The Balaban J connectivity index is 1.75. The SMILES string of the molecule is NNC(Cc1cc(F)cc(F)c1)C1Cc2ccccc2S1. The summed E-state index contributed by atoms with van der Waals surface area (Å²) in [5.41, 5.74) is 4.72. The highest BCUT2D eigenvalue weighted by molar-refractivity contribution is 8.00. The Hall–Kier alpha value is -1.43. The van der Waals surface area contributed by atoms with E-state index in [-0.39, 0.29) is 11.3 Å². The van der Waals surface area contributed by atoms with Gasteiger partial charge in [-0.1, -0.05) is 18.2 Å². The van der Waals surface area contributed by atoms with E-state index in [4.69, 9.17) is 5.84 Å². The van der Waals surface area contributed by atoms with Gasteiger partial charge in [0.1, 0.15) is 11.6 Å². The first kappa shape index (κ1) is 14.5. The van der Waals surface area contributed by atoms with Crippen LogP contribution < -0.4 is 11.3 Å². The number of thioether (sulfide) groups is 1. The molecule has 2 nitrogen and oxygen atoms in total. The van der Waals surface area contributed by atoms with Crippen molar-refractivity contribution >= 4 is 11.8 Å². The van der Waals surface area contributed by atoms with E-state index in [2.05, 4.69) is 17.6 Å². The van der Waals surface area contributed by atoms with Crippen molar-refractivity contribution in [2.75, 3.05) is 0 Å². The number of nitrogens with two attached hydrogens (primary N) is 1. The molecule has 0 saturated carbocycles. The van der Waals surface area contributed by atoms with Crippen LogP contribution in [0.1, 0.15) is 11.1 Å². The molecule has 5 heteroatoms. The van der Waals surface area contributed by atoms with Crippen molar-refractivity contribution in [1.29, 1.82) is 0 Å². The number of hydrazine groups is 1. The molecule has 0 amide bonds. The van der Waals surface area contributed by atoms with Gasteiger partial charge in [-0.05, 0) is 42.2 Å². The van der Waals surface area contributed by atoms with Crippen LogP contribution in [-0.2, 0) is 12.8 Å². The molecule has 0 bridgehead atoms. The van der Waals surface area contributed by atoms with Gasteiger partial charge in [0.05, 0.1) is 0 Å². The highest BCUT2D eigenvalue weighted by atomic mass is 32.2. The number of benzene rings is 2. The minimum absolute atomic E-state index is 0.0383. The third-order valence-electron chi connectivity index (χ3n) is 3.71. The summed E-state index contributed by atoms with van der Waals surface area (Å²) in [5.74, 6) is 4.56. The van der Waals surface area contributed by atoms with Gasteiger partial charge >= 0.3 is 0 Å². The predicted octanol–water partition coefficient (Wildman–Crippen LogP) is 3.06. The Labute approximate surface area is 126 Å². The average molecular weight is 306 g/mol. The van der Waals surface area contributed by atoms with Crippen LogP contribution >= 0.6 is 11.8 Å². The van der Waals surface area contributed by atoms with Crippen molar-refractivity contribution < 1.29 is 8.78 Å². The lowest BCUT2D eigenvalue weighted by Gasteiger charge is -2.22. The van der Waals surface area contributed by atoms with Gasteiger partial charge in [-0.2, -0.15) is 0 Å². The highest BCUT2D eigenvalue weighted by Gasteiger charge is 2.29. The van der Waals surface area contributed by atoms with Crippen molar-refractivity contribution in [3.63, 3.8) is 0 Å². The highest BCUT2D eigenvalue weighted by Crippen LogP contribution is 2.38. The predicted molar refractivity (Wildman–Crippen MR) is 81.0 cm³/mol. The minimum atomic E-state index is -0.553. The van der Waals surface area contributed by atoms with Crippen LogP contribution in [0.2, 0.25) is 0 Å². The third-order valence-corrected chi connectivity index (χ3v) is 5.16. The van der Waals surface area contributed by atoms with Gasteiger partial charge in [-0.25, -0.2) is 8.78 Å². The van der Waals surface area contributed by atoms with Gasteiger partial charge in [0.15, 0.2) is 0 Å². The van der Waals surface area contributed by atoms with E-state index in [1.165, 1.54) is 22.6 Å². The Morgan fingerprint density at radius 3 is 2.57 bits per heavy atom. The Morgan fingerprint density at radius 2 is 1.90 bits per heavy atom. The molecule has 2 atom stereocenters. The normalized spacial score (nSPS) is 18.5. The fourth-order valence-electron chi connectivity index (χ4n) is 2.71. The molecule has 3 N–H and O–H groups in total. The number of halogens is 2. The molecule has 1 heterocycles. The second-order valence-corrected chi connectivity index (χ2v) is 6.50. The molecule has 21 heavy (non-hydrogen) atoms. The Bertz CT molecular complexity index is 603. The molecule has 0 saturated heterocycles. The van der Waals surface area contributed by atoms with Crippen molar-refractivity contribution in [3.05, 3.63) is 65.2 Å². The summed E-state index contributed by atoms with van der Waals surface area (Å²) in [4.78, 5) is 1.26. The van der Waals surface area contributed by atoms with Crippen LogP contribution in [0.3, 0.4) is 0 Å². The molecular formula is C16H16F2N2S. The number of hydrogen-bond donors (Lipinski definition) is 2. The summed E-state index contributed by atoms with van der Waals surface area (Å²) >= 11 is 1.77. The second-order valence-electron chi connectivity index (χ2n) is 5.22. The number of hydrogen-bond acceptors (Lipinski definition) is 3. The standard InChI is InChI=1S/C16H16F2N2S/c17-12-5-10(6-13(18)9-12)7-14(20-19)16-8-11-3-1-2-4-15(11)21-16/h1-6,9,14,16,20H,7-8,19H2. The third kappa shape index (κ3) is 3.26. The lowest BCUT2D eigenvalue weighted by atomic mass is 9.99. The maximum atomic E-state index is 13.3. The summed E-state index contributed by atoms with van der Waals surface area (Å²) in [5, 5.41) is 0.263. The van der Waals surface area contributed by atoms with E-state index in [9.17, 15) is 8.78 Å². The quantitative estimate of drug-likeness (QED) is 0.673. The molecule has 0 aliphatic carbocycles. The largest absolute Gasteiger partial charge is 0.271 e. The van der Waals surface area contributed by atoms with Gasteiger partial charge in [-0.15, -0.1) is 11.8 Å². The summed E-state index contributed by atoms with van der Waals surface area (Å²) < 4.78 is 26.6. The van der Waals surface area contributed by atoms with Gasteiger partial charge in [0, 0.05) is 22.3 Å². The van der Waals surface area contributed by atoms with Crippen LogP contribution in [0.15, 0.2) is 47.4 Å². The van der Waals surface area contributed by atoms with Crippen molar-refractivity contribution in [3.8, 4) is 0 Å². The van der Waals surface area contributed by atoms with Crippen LogP contribution in [0.4, 0.5) is 8.78 Å². The molecule has 3 rings (SSSR count). The number of nitrogens with one attached hydrogen (secondary N) is 1. The molecule has 0 fully saturated rings. The van der Waals surface area contributed by atoms with Gasteiger partial charge < -0.3 is 0 Å². The molecular weight excluding hydrogens is 290 g/mol. The first-order chi connectivity index (χ1) is 10.2. The van der Waals surface area contributed by atoms with E-state index in [1.54, 1.807) is 11.8 Å². The zero-order valence-corrected chi connectivity index (χ0v) is 12.2. The Morgan fingerprint density at radius 1 is 1.19 bits per heavy atom. The first-order valence-corrected chi connectivity index (χ1v) is 7.69. The lowest BCUT2D eigenvalue weighted by Crippen LogP contribution is -2.44. The van der Waals surface area contributed by atoms with E-state index < -0.39 is 11.6 Å². The number of fused-ring (bicyclic) bond motifs is 1. The minimum Gasteiger partial charge on any atom is -0.271 e. The summed E-state index contributed by atoms with van der Waals surface area (Å²) in [6.07, 6.45) is 1.41. The van der Waals surface area contributed by atoms with Crippen LogP contribution in [0.5, 0.6) is 0 Å². The molecule has 1 aliphatic rings. The van der Waals surface area contributed by atoms with E-state index in [0.29, 0.717) is 12.0 Å². The number of rotatable bonds is 4. The molecule has 1 aliphatic heterocycles. The average Bonchev–Trinajstić information content (AvgIpc) is 2.87. The van der Waals surface area contributed by atoms with Crippen molar-refractivity contribution in [2.24, 2.45) is 5.84 Å². The van der Waals surface area contributed by atoms with E-state index >= 15 is 0 Å². The van der Waals surface area contributed by atoms with Crippen molar-refractivity contribution in [1.82, 2.24) is 5.43 Å². The zero-order valence-electron chi connectivity index (χ0n) is 11.4. The molecule has 2 unspecified atom stereocenters. The molecule has 0 radical (unpaired) electrons. The molecule has 2 aromatic rings. The van der Waals surface area contributed by atoms with Gasteiger partial charge in [0.25, 0.3) is 0 Å². The van der Waals surface area contributed by atoms with Crippen LogP contribution in [-0.4, -0.2) is 11.3 Å². The van der Waals surface area contributed by atoms with Gasteiger partial charge in [0.2, 0.25) is 0 Å². The van der Waals surface area contributed by atoms with Crippen LogP contribution in [0, 0.1) is 11.6 Å². The van der Waals surface area contributed by atoms with Gasteiger partial charge in [-0.3, -0.25) is 11.3 Å². The fraction of sp³-hybridized carbons (Fsp3) is 0.250. The fourth-order valence-corrected chi connectivity index (χ4v) is 4.10. The smallest absolute Gasteiger partial charge is 0.126 e. The molecule has 110 valence electrons. The lowest BCUT2D eigenvalue weighted by molar-refractivity contribution is 0.502. The van der Waals surface area contributed by atoms with E-state index in [1.807, 2.05) is 12.1 Å². The monoisotopic (exact) mass is 306 g/mol. The topological polar surface area (TPSA) is 38.0 Å². The molecule has 0 spiro atoms. The zero-order chi connectivity index (χ0) is 14.8. The maximum Gasteiger partial charge on any atom is 0.126 e. The Kier molecular flexibility index (Phi) is 4.24. The van der Waals surface area contributed by atoms with E-state index in [0.717, 1.165) is 12.5 Å². The summed E-state index contributed by atoms with van der Waals surface area (Å²) in [6, 6.07) is 11.8. The summed E-state index contributed by atoms with van der Waals surface area (Å²) in [7, 11) is 0. The van der Waals surface area contributed by atoms with Crippen molar-refractivity contribution in [2.45, 2.75) is 29.0 Å². The molecule has 0 aromatic heterocycles. The maximum absolute atomic E-state index is 13.3. The summed E-state index contributed by atoms with van der Waals surface area (Å²) in [6.45, 7) is 0. The second kappa shape index (κ2) is 6.13. The molecule has 2 aromatic carbocycles.